The van der Waals surface area contributed by atoms with Gasteiger partial charge in [-0.15, -0.1) is 0 Å². The lowest BCUT2D eigenvalue weighted by Crippen LogP contribution is -2.44. The Bertz CT molecular complexity index is 183. The van der Waals surface area contributed by atoms with E-state index >= 15 is 0 Å². The van der Waals surface area contributed by atoms with Crippen molar-refractivity contribution in [1.82, 2.24) is 5.32 Å². The monoisotopic (exact) mass is 165 g/mol. The zero-order chi connectivity index (χ0) is 8.02. The molecule has 0 amide bonds. The topological polar surface area (TPSA) is 12.0 Å². The maximum absolute atomic E-state index is 3.60. The van der Waals surface area contributed by atoms with E-state index in [0.717, 1.165) is 17.3 Å². The van der Waals surface area contributed by atoms with Gasteiger partial charge in [0.1, 0.15) is 0 Å². The Morgan fingerprint density at radius 3 is 2.42 bits per heavy atom. The largest absolute Gasteiger partial charge is 0.316 e. The van der Waals surface area contributed by atoms with E-state index in [1.807, 2.05) is 0 Å². The molecule has 3 rings (SSSR count). The second kappa shape index (κ2) is 2.47. The van der Waals surface area contributed by atoms with Gasteiger partial charge >= 0.3 is 0 Å². The van der Waals surface area contributed by atoms with Crippen LogP contribution in [0.25, 0.3) is 0 Å². The molecule has 0 aromatic rings. The molecule has 12 heavy (non-hydrogen) atoms. The average molecular weight is 165 g/mol. The van der Waals surface area contributed by atoms with Gasteiger partial charge in [0.25, 0.3) is 0 Å². The van der Waals surface area contributed by atoms with Gasteiger partial charge in [0, 0.05) is 6.54 Å². The standard InChI is InChI=1S/C11H19N/c1-2-4-9(3-1)11-6-5-10(11)7-12-8-11/h9-10,12H,1-8H2. The molecular weight excluding hydrogens is 146 g/mol. The van der Waals surface area contributed by atoms with Crippen LogP contribution in [0.5, 0.6) is 0 Å². The van der Waals surface area contributed by atoms with E-state index < -0.39 is 0 Å². The highest BCUT2D eigenvalue weighted by atomic mass is 15.0. The van der Waals surface area contributed by atoms with Crippen molar-refractivity contribution in [3.63, 3.8) is 0 Å². The number of fused-ring (bicyclic) bond motifs is 1. The van der Waals surface area contributed by atoms with Crippen LogP contribution in [-0.4, -0.2) is 13.1 Å². The van der Waals surface area contributed by atoms with Crippen molar-refractivity contribution in [2.45, 2.75) is 38.5 Å². The van der Waals surface area contributed by atoms with Crippen molar-refractivity contribution in [1.29, 1.82) is 0 Å². The van der Waals surface area contributed by atoms with Crippen LogP contribution in [0, 0.1) is 17.3 Å². The Labute approximate surface area is 74.9 Å². The molecule has 1 aliphatic heterocycles. The molecule has 1 nitrogen and oxygen atoms in total. The third kappa shape index (κ3) is 0.783. The van der Waals surface area contributed by atoms with E-state index in [-0.39, 0.29) is 0 Å². The van der Waals surface area contributed by atoms with Crippen LogP contribution in [0.4, 0.5) is 0 Å². The molecule has 0 bridgehead atoms. The van der Waals surface area contributed by atoms with E-state index in [0.29, 0.717) is 0 Å². The molecule has 0 aromatic heterocycles. The second-order valence-corrected chi connectivity index (χ2v) is 5.08. The molecule has 2 atom stereocenters. The zero-order valence-corrected chi connectivity index (χ0v) is 7.81. The molecule has 68 valence electrons. The number of hydrogen-bond donors (Lipinski definition) is 1. The highest BCUT2D eigenvalue weighted by molar-refractivity contribution is 5.06. The number of rotatable bonds is 1. The molecular formula is C11H19N. The summed E-state index contributed by atoms with van der Waals surface area (Å²) in [6.07, 6.45) is 9.16. The summed E-state index contributed by atoms with van der Waals surface area (Å²) < 4.78 is 0. The van der Waals surface area contributed by atoms with E-state index in [4.69, 9.17) is 0 Å². The first-order valence-corrected chi connectivity index (χ1v) is 5.62. The van der Waals surface area contributed by atoms with Crippen LogP contribution >= 0.6 is 0 Å². The summed E-state index contributed by atoms with van der Waals surface area (Å²) in [5, 5.41) is 3.60. The van der Waals surface area contributed by atoms with Gasteiger partial charge in [-0.2, -0.15) is 0 Å². The molecule has 1 heterocycles. The summed E-state index contributed by atoms with van der Waals surface area (Å²) in [6, 6.07) is 0. The predicted octanol–water partition coefficient (Wildman–Crippen LogP) is 2.18. The first kappa shape index (κ1) is 7.37. The van der Waals surface area contributed by atoms with Crippen LogP contribution in [0.3, 0.4) is 0 Å². The number of hydrogen-bond acceptors (Lipinski definition) is 1. The summed E-state index contributed by atoms with van der Waals surface area (Å²) in [7, 11) is 0. The van der Waals surface area contributed by atoms with Crippen LogP contribution in [0.2, 0.25) is 0 Å². The number of nitrogens with one attached hydrogen (secondary N) is 1. The van der Waals surface area contributed by atoms with E-state index in [9.17, 15) is 0 Å². The lowest BCUT2D eigenvalue weighted by Gasteiger charge is -2.49. The summed E-state index contributed by atoms with van der Waals surface area (Å²) >= 11 is 0. The van der Waals surface area contributed by atoms with E-state index in [1.165, 1.54) is 51.6 Å². The smallest absolute Gasteiger partial charge is 0.00137 e. The van der Waals surface area contributed by atoms with E-state index in [1.54, 1.807) is 0 Å². The average Bonchev–Trinajstić information content (AvgIpc) is 2.61. The third-order valence-electron chi connectivity index (χ3n) is 4.78. The minimum Gasteiger partial charge on any atom is -0.316 e. The van der Waals surface area contributed by atoms with E-state index in [2.05, 4.69) is 5.32 Å². The molecule has 3 aliphatic rings. The Hall–Kier alpha value is -0.0400. The van der Waals surface area contributed by atoms with Crippen molar-refractivity contribution < 1.29 is 0 Å². The molecule has 2 unspecified atom stereocenters. The molecule has 1 heteroatoms. The fraction of sp³-hybridized carbons (Fsp3) is 1.00. The minimum absolute atomic E-state index is 0.802. The summed E-state index contributed by atoms with van der Waals surface area (Å²) in [6.45, 7) is 2.68. The van der Waals surface area contributed by atoms with Gasteiger partial charge in [0.2, 0.25) is 0 Å². The fourth-order valence-electron chi connectivity index (χ4n) is 3.92. The lowest BCUT2D eigenvalue weighted by molar-refractivity contribution is 0.0168. The van der Waals surface area contributed by atoms with Gasteiger partial charge in [0.05, 0.1) is 0 Å². The quantitative estimate of drug-likeness (QED) is 0.628. The molecule has 0 spiro atoms. The summed E-state index contributed by atoms with van der Waals surface area (Å²) in [5.74, 6) is 2.17. The lowest BCUT2D eigenvalue weighted by atomic mass is 9.55. The van der Waals surface area contributed by atoms with Crippen LogP contribution in [-0.2, 0) is 0 Å². The first-order valence-electron chi connectivity index (χ1n) is 5.62. The Kier molecular flexibility index (Phi) is 1.52. The summed E-state index contributed by atoms with van der Waals surface area (Å²) in [4.78, 5) is 0. The Morgan fingerprint density at radius 1 is 1.00 bits per heavy atom. The SMILES string of the molecule is C1CCC(C23CCC2CNC3)C1. The highest BCUT2D eigenvalue weighted by Crippen LogP contribution is 2.58. The van der Waals surface area contributed by atoms with Crippen molar-refractivity contribution in [3.8, 4) is 0 Å². The maximum atomic E-state index is 3.60. The molecule has 1 saturated heterocycles. The van der Waals surface area contributed by atoms with Gasteiger partial charge in [-0.3, -0.25) is 0 Å². The fourth-order valence-corrected chi connectivity index (χ4v) is 3.92. The van der Waals surface area contributed by atoms with Crippen molar-refractivity contribution in [3.05, 3.63) is 0 Å². The molecule has 0 radical (unpaired) electrons. The molecule has 0 aromatic carbocycles. The maximum Gasteiger partial charge on any atom is 0.00137 e. The van der Waals surface area contributed by atoms with Crippen LogP contribution in [0.15, 0.2) is 0 Å². The molecule has 2 aliphatic carbocycles. The Morgan fingerprint density at radius 2 is 1.83 bits per heavy atom. The minimum atomic E-state index is 0.802. The van der Waals surface area contributed by atoms with Crippen LogP contribution < -0.4 is 5.32 Å². The third-order valence-corrected chi connectivity index (χ3v) is 4.78. The van der Waals surface area contributed by atoms with Gasteiger partial charge in [-0.1, -0.05) is 12.8 Å². The normalized spacial score (nSPS) is 47.5. The Balaban J connectivity index is 1.80. The predicted molar refractivity (Wildman–Crippen MR) is 50.0 cm³/mol. The second-order valence-electron chi connectivity index (χ2n) is 5.08. The van der Waals surface area contributed by atoms with Gasteiger partial charge < -0.3 is 5.32 Å². The summed E-state index contributed by atoms with van der Waals surface area (Å²) in [5.41, 5.74) is 0.802. The van der Waals surface area contributed by atoms with Gasteiger partial charge in [-0.05, 0) is 49.5 Å². The van der Waals surface area contributed by atoms with Crippen LogP contribution in [0.1, 0.15) is 38.5 Å². The molecule has 1 N–H and O–H groups in total. The van der Waals surface area contributed by atoms with Crippen molar-refractivity contribution in [2.75, 3.05) is 13.1 Å². The van der Waals surface area contributed by atoms with Gasteiger partial charge in [-0.25, -0.2) is 0 Å². The molecule has 3 fully saturated rings. The van der Waals surface area contributed by atoms with Crippen molar-refractivity contribution >= 4 is 0 Å². The molecule has 2 saturated carbocycles. The first-order chi connectivity index (χ1) is 5.92. The van der Waals surface area contributed by atoms with Gasteiger partial charge in [0.15, 0.2) is 0 Å². The zero-order valence-electron chi connectivity index (χ0n) is 7.81. The van der Waals surface area contributed by atoms with Crippen molar-refractivity contribution in [2.24, 2.45) is 17.3 Å². The highest BCUT2D eigenvalue weighted by Gasteiger charge is 2.54.